The fourth-order valence-electron chi connectivity index (χ4n) is 2.43. The maximum Gasteiger partial charge on any atom is 0.419 e. The average Bonchev–Trinajstić information content (AvgIpc) is 2.89. The average molecular weight is 306 g/mol. The molecule has 0 atom stereocenters. The highest BCUT2D eigenvalue weighted by Crippen LogP contribution is 2.36. The van der Waals surface area contributed by atoms with Crippen LogP contribution < -0.4 is 4.74 Å². The van der Waals surface area contributed by atoms with Crippen LogP contribution in [0.25, 0.3) is 11.0 Å². The Hall–Kier alpha value is -2.43. The summed E-state index contributed by atoms with van der Waals surface area (Å²) in [6.45, 7) is 1.94. The third kappa shape index (κ3) is 2.66. The molecule has 3 aromatic rings. The monoisotopic (exact) mass is 306 g/mol. The molecule has 0 radical (unpaired) electrons. The first-order chi connectivity index (χ1) is 10.5. The van der Waals surface area contributed by atoms with Crippen LogP contribution in [0.3, 0.4) is 0 Å². The Labute approximate surface area is 125 Å². The summed E-state index contributed by atoms with van der Waals surface area (Å²) in [4.78, 5) is 0. The zero-order chi connectivity index (χ0) is 15.7. The van der Waals surface area contributed by atoms with Gasteiger partial charge in [0.1, 0.15) is 17.9 Å². The van der Waals surface area contributed by atoms with E-state index in [9.17, 15) is 13.2 Å². The van der Waals surface area contributed by atoms with Gasteiger partial charge >= 0.3 is 6.18 Å². The zero-order valence-electron chi connectivity index (χ0n) is 11.8. The second kappa shape index (κ2) is 5.40. The van der Waals surface area contributed by atoms with Crippen molar-refractivity contribution in [1.29, 1.82) is 0 Å². The molecule has 0 aliphatic carbocycles. The number of furan rings is 1. The van der Waals surface area contributed by atoms with Gasteiger partial charge in [0.2, 0.25) is 0 Å². The molecule has 3 rings (SSSR count). The number of aryl methyl sites for hydroxylation is 1. The van der Waals surface area contributed by atoms with E-state index in [0.29, 0.717) is 5.58 Å². The van der Waals surface area contributed by atoms with Gasteiger partial charge in [-0.25, -0.2) is 0 Å². The first-order valence-corrected chi connectivity index (χ1v) is 6.71. The molecule has 5 heteroatoms. The highest BCUT2D eigenvalue weighted by atomic mass is 19.4. The molecule has 0 amide bonds. The van der Waals surface area contributed by atoms with Gasteiger partial charge in [0, 0.05) is 10.9 Å². The van der Waals surface area contributed by atoms with Crippen LogP contribution in [-0.2, 0) is 12.8 Å². The van der Waals surface area contributed by atoms with E-state index < -0.39 is 11.7 Å². The molecule has 1 aromatic heterocycles. The van der Waals surface area contributed by atoms with Crippen molar-refractivity contribution < 1.29 is 22.3 Å². The van der Waals surface area contributed by atoms with Crippen molar-refractivity contribution in [3.63, 3.8) is 0 Å². The van der Waals surface area contributed by atoms with E-state index in [0.717, 1.165) is 22.6 Å². The van der Waals surface area contributed by atoms with Gasteiger partial charge in [-0.2, -0.15) is 13.2 Å². The van der Waals surface area contributed by atoms with Gasteiger partial charge in [-0.3, -0.25) is 0 Å². The summed E-state index contributed by atoms with van der Waals surface area (Å²) in [5.74, 6) is -0.182. The van der Waals surface area contributed by atoms with Crippen molar-refractivity contribution in [3.05, 3.63) is 65.4 Å². The number of fused-ring (bicyclic) bond motifs is 1. The standard InChI is InChI=1S/C17H13F3O2/c1-11-5-4-8-15-16(11)12(10-22-15)9-21-14-7-3-2-6-13(14)17(18,19)20/h2-8,10H,9H2,1H3. The highest BCUT2D eigenvalue weighted by Gasteiger charge is 2.34. The van der Waals surface area contributed by atoms with Crippen LogP contribution >= 0.6 is 0 Å². The first-order valence-electron chi connectivity index (χ1n) is 6.71. The molecule has 0 bridgehead atoms. The fourth-order valence-corrected chi connectivity index (χ4v) is 2.43. The van der Waals surface area contributed by atoms with Crippen LogP contribution in [0.2, 0.25) is 0 Å². The third-order valence-electron chi connectivity index (χ3n) is 3.46. The van der Waals surface area contributed by atoms with Crippen LogP contribution in [0.15, 0.2) is 53.1 Å². The highest BCUT2D eigenvalue weighted by molar-refractivity contribution is 5.84. The predicted molar refractivity (Wildman–Crippen MR) is 76.7 cm³/mol. The molecule has 0 saturated carbocycles. The number of para-hydroxylation sites is 1. The van der Waals surface area contributed by atoms with Crippen molar-refractivity contribution in [1.82, 2.24) is 0 Å². The van der Waals surface area contributed by atoms with Crippen molar-refractivity contribution in [3.8, 4) is 5.75 Å². The summed E-state index contributed by atoms with van der Waals surface area (Å²) in [5, 5.41) is 0.881. The van der Waals surface area contributed by atoms with Crippen LogP contribution in [0, 0.1) is 6.92 Å². The Balaban J connectivity index is 1.90. The summed E-state index contributed by atoms with van der Waals surface area (Å²) < 4.78 is 49.6. The second-order valence-corrected chi connectivity index (χ2v) is 4.99. The molecular formula is C17H13F3O2. The van der Waals surface area contributed by atoms with Crippen LogP contribution in [0.5, 0.6) is 5.75 Å². The van der Waals surface area contributed by atoms with E-state index >= 15 is 0 Å². The van der Waals surface area contributed by atoms with Crippen molar-refractivity contribution >= 4 is 11.0 Å². The van der Waals surface area contributed by atoms with Crippen molar-refractivity contribution in [2.45, 2.75) is 19.7 Å². The molecule has 2 aromatic carbocycles. The lowest BCUT2D eigenvalue weighted by molar-refractivity contribution is -0.139. The maximum atomic E-state index is 12.9. The van der Waals surface area contributed by atoms with E-state index in [2.05, 4.69) is 0 Å². The number of alkyl halides is 3. The van der Waals surface area contributed by atoms with E-state index in [4.69, 9.17) is 9.15 Å². The molecule has 1 heterocycles. The molecule has 2 nitrogen and oxygen atoms in total. The quantitative estimate of drug-likeness (QED) is 0.652. The van der Waals surface area contributed by atoms with Gasteiger partial charge in [0.05, 0.1) is 11.8 Å². The van der Waals surface area contributed by atoms with Crippen molar-refractivity contribution in [2.75, 3.05) is 0 Å². The molecule has 114 valence electrons. The van der Waals surface area contributed by atoms with Gasteiger partial charge in [-0.1, -0.05) is 24.3 Å². The van der Waals surface area contributed by atoms with Gasteiger partial charge in [0.25, 0.3) is 0 Å². The van der Waals surface area contributed by atoms with Gasteiger partial charge in [-0.15, -0.1) is 0 Å². The predicted octanol–water partition coefficient (Wildman–Crippen LogP) is 5.34. The Morgan fingerprint density at radius 2 is 1.82 bits per heavy atom. The topological polar surface area (TPSA) is 22.4 Å². The number of halogens is 3. The third-order valence-corrected chi connectivity index (χ3v) is 3.46. The number of benzene rings is 2. The maximum absolute atomic E-state index is 12.9. The van der Waals surface area contributed by atoms with E-state index in [1.165, 1.54) is 24.5 Å². The Morgan fingerprint density at radius 3 is 2.59 bits per heavy atom. The Kier molecular flexibility index (Phi) is 3.56. The fraction of sp³-hybridized carbons (Fsp3) is 0.176. The Morgan fingerprint density at radius 1 is 1.05 bits per heavy atom. The number of hydrogen-bond acceptors (Lipinski definition) is 2. The van der Waals surface area contributed by atoms with E-state index in [-0.39, 0.29) is 12.4 Å². The summed E-state index contributed by atoms with van der Waals surface area (Å²) in [6, 6.07) is 10.8. The second-order valence-electron chi connectivity index (χ2n) is 4.99. The van der Waals surface area contributed by atoms with Gasteiger partial charge < -0.3 is 9.15 Å². The normalized spacial score (nSPS) is 11.8. The summed E-state index contributed by atoms with van der Waals surface area (Å²) in [5.41, 5.74) is 1.64. The number of ether oxygens (including phenoxy) is 1. The van der Waals surface area contributed by atoms with Gasteiger partial charge in [-0.05, 0) is 30.7 Å². The largest absolute Gasteiger partial charge is 0.488 e. The van der Waals surface area contributed by atoms with Crippen molar-refractivity contribution in [2.24, 2.45) is 0 Å². The molecule has 0 N–H and O–H groups in total. The lowest BCUT2D eigenvalue weighted by Crippen LogP contribution is -2.08. The lowest BCUT2D eigenvalue weighted by atomic mass is 10.1. The summed E-state index contributed by atoms with van der Waals surface area (Å²) >= 11 is 0. The molecule has 0 aliphatic heterocycles. The van der Waals surface area contributed by atoms with Crippen LogP contribution in [0.1, 0.15) is 16.7 Å². The van der Waals surface area contributed by atoms with E-state index in [1.54, 1.807) is 0 Å². The Bertz CT molecular complexity index is 803. The van der Waals surface area contributed by atoms with Crippen LogP contribution in [0.4, 0.5) is 13.2 Å². The first kappa shape index (κ1) is 14.5. The molecule has 0 aliphatic rings. The molecule has 0 spiro atoms. The minimum atomic E-state index is -4.44. The van der Waals surface area contributed by atoms with Crippen LogP contribution in [-0.4, -0.2) is 0 Å². The molecule has 0 unspecified atom stereocenters. The zero-order valence-corrected chi connectivity index (χ0v) is 11.8. The molecule has 0 fully saturated rings. The SMILES string of the molecule is Cc1cccc2occ(COc3ccccc3C(F)(F)F)c12. The smallest absolute Gasteiger partial charge is 0.419 e. The summed E-state index contributed by atoms with van der Waals surface area (Å²) in [7, 11) is 0. The minimum Gasteiger partial charge on any atom is -0.488 e. The van der Waals surface area contributed by atoms with E-state index in [1.807, 2.05) is 25.1 Å². The minimum absolute atomic E-state index is 0.0188. The molecule has 0 saturated heterocycles. The molecule has 22 heavy (non-hydrogen) atoms. The number of rotatable bonds is 3. The number of hydrogen-bond donors (Lipinski definition) is 0. The molecular weight excluding hydrogens is 293 g/mol. The summed E-state index contributed by atoms with van der Waals surface area (Å²) in [6.07, 6.45) is -2.92. The van der Waals surface area contributed by atoms with Gasteiger partial charge in [0.15, 0.2) is 0 Å². The lowest BCUT2D eigenvalue weighted by Gasteiger charge is -2.13.